The average molecular weight is 420 g/mol. The predicted octanol–water partition coefficient (Wildman–Crippen LogP) is 4.77. The molecule has 0 radical (unpaired) electrons. The first kappa shape index (κ1) is 21.1. The number of fused-ring (bicyclic) bond motifs is 4. The van der Waals surface area contributed by atoms with Gasteiger partial charge in [0.05, 0.1) is 16.6 Å². The predicted molar refractivity (Wildman–Crippen MR) is 118 cm³/mol. The molecule has 0 spiro atoms. The zero-order valence-corrected chi connectivity index (χ0v) is 18.3. The maximum Gasteiger partial charge on any atom is 0.195 e. The molecule has 6 heteroatoms. The van der Waals surface area contributed by atoms with Crippen LogP contribution in [0.25, 0.3) is 10.9 Å². The molecule has 160 valence electrons. The summed E-state index contributed by atoms with van der Waals surface area (Å²) in [6.45, 7) is 11.6. The fourth-order valence-corrected chi connectivity index (χ4v) is 4.45. The molecule has 3 aromatic rings. The van der Waals surface area contributed by atoms with Gasteiger partial charge in [-0.2, -0.15) is 5.26 Å². The molecule has 0 aliphatic heterocycles. The summed E-state index contributed by atoms with van der Waals surface area (Å²) in [5.74, 6) is -0.0545. The average Bonchev–Trinajstić information content (AvgIpc) is 3.17. The quantitative estimate of drug-likeness (QED) is 0.625. The van der Waals surface area contributed by atoms with Crippen molar-refractivity contribution in [3.8, 4) is 11.8 Å². The van der Waals surface area contributed by atoms with Gasteiger partial charge in [-0.15, -0.1) is 0 Å². The maximum atomic E-state index is 14.8. The lowest BCUT2D eigenvalue weighted by Gasteiger charge is -2.32. The van der Waals surface area contributed by atoms with E-state index in [1.807, 2.05) is 32.0 Å². The SMILES string of the molecule is CCN(CC)CCOc1ccc2c(c1)C(C)(C)c1[nH]c3c(F)c(C#N)ccc3c1C2=O. The Hall–Kier alpha value is -3.17. The van der Waals surface area contributed by atoms with E-state index in [4.69, 9.17) is 10.00 Å². The molecule has 1 aliphatic rings. The highest BCUT2D eigenvalue weighted by molar-refractivity contribution is 6.20. The molecular formula is C25H26FN3O2. The van der Waals surface area contributed by atoms with Crippen molar-refractivity contribution in [2.75, 3.05) is 26.2 Å². The first-order valence-electron chi connectivity index (χ1n) is 10.6. The van der Waals surface area contributed by atoms with Gasteiger partial charge in [0.2, 0.25) is 0 Å². The van der Waals surface area contributed by atoms with Crippen molar-refractivity contribution in [3.05, 3.63) is 64.1 Å². The van der Waals surface area contributed by atoms with Gasteiger partial charge in [-0.05, 0) is 42.9 Å². The van der Waals surface area contributed by atoms with Crippen molar-refractivity contribution in [1.29, 1.82) is 5.26 Å². The number of ketones is 1. The monoisotopic (exact) mass is 419 g/mol. The van der Waals surface area contributed by atoms with Crippen molar-refractivity contribution in [2.24, 2.45) is 0 Å². The van der Waals surface area contributed by atoms with E-state index in [-0.39, 0.29) is 16.9 Å². The van der Waals surface area contributed by atoms with Gasteiger partial charge in [-0.3, -0.25) is 4.79 Å². The fourth-order valence-electron chi connectivity index (χ4n) is 4.45. The zero-order chi connectivity index (χ0) is 22.3. The minimum atomic E-state index is -0.623. The van der Waals surface area contributed by atoms with Crippen LogP contribution in [0.4, 0.5) is 4.39 Å². The number of likely N-dealkylation sites (N-methyl/N-ethyl adjacent to an activating group) is 1. The van der Waals surface area contributed by atoms with Crippen LogP contribution in [0, 0.1) is 17.1 Å². The molecule has 0 saturated carbocycles. The van der Waals surface area contributed by atoms with Gasteiger partial charge in [-0.25, -0.2) is 4.39 Å². The lowest BCUT2D eigenvalue weighted by atomic mass is 9.71. The van der Waals surface area contributed by atoms with E-state index in [1.54, 1.807) is 12.1 Å². The van der Waals surface area contributed by atoms with E-state index < -0.39 is 11.2 Å². The highest BCUT2D eigenvalue weighted by Gasteiger charge is 2.40. The normalized spacial score (nSPS) is 14.4. The van der Waals surface area contributed by atoms with Gasteiger partial charge in [0.1, 0.15) is 18.4 Å². The van der Waals surface area contributed by atoms with Crippen LogP contribution in [0.2, 0.25) is 0 Å². The summed E-state index contributed by atoms with van der Waals surface area (Å²) in [5.41, 5.74) is 2.18. The van der Waals surface area contributed by atoms with Crippen molar-refractivity contribution in [3.63, 3.8) is 0 Å². The number of nitrogens with zero attached hydrogens (tertiary/aromatic N) is 2. The molecule has 1 N–H and O–H groups in total. The van der Waals surface area contributed by atoms with Crippen LogP contribution in [0.1, 0.15) is 60.4 Å². The topological polar surface area (TPSA) is 69.1 Å². The van der Waals surface area contributed by atoms with E-state index in [2.05, 4.69) is 23.7 Å². The second-order valence-electron chi connectivity index (χ2n) is 8.37. The summed E-state index contributed by atoms with van der Waals surface area (Å²) in [6, 6.07) is 10.5. The highest BCUT2D eigenvalue weighted by Crippen LogP contribution is 2.45. The Labute approximate surface area is 181 Å². The van der Waals surface area contributed by atoms with Crippen LogP contribution in [0.3, 0.4) is 0 Å². The van der Waals surface area contributed by atoms with Crippen LogP contribution in [-0.2, 0) is 5.41 Å². The molecule has 0 saturated heterocycles. The van der Waals surface area contributed by atoms with E-state index in [0.29, 0.717) is 34.6 Å². The number of nitriles is 1. The van der Waals surface area contributed by atoms with Crippen LogP contribution in [0.15, 0.2) is 30.3 Å². The number of H-pyrrole nitrogens is 1. The third-order valence-corrected chi connectivity index (χ3v) is 6.36. The molecule has 1 aromatic heterocycles. The number of carbonyl (C=O) groups excluding carboxylic acids is 1. The largest absolute Gasteiger partial charge is 0.492 e. The Morgan fingerprint density at radius 2 is 1.94 bits per heavy atom. The Bertz CT molecular complexity index is 1220. The molecule has 0 fully saturated rings. The number of ether oxygens (including phenoxy) is 1. The Morgan fingerprint density at radius 1 is 1.19 bits per heavy atom. The molecule has 1 heterocycles. The summed E-state index contributed by atoms with van der Waals surface area (Å²) in [4.78, 5) is 18.8. The number of benzene rings is 2. The molecule has 31 heavy (non-hydrogen) atoms. The molecular weight excluding hydrogens is 393 g/mol. The summed E-state index contributed by atoms with van der Waals surface area (Å²) in [7, 11) is 0. The van der Waals surface area contributed by atoms with Gasteiger partial charge in [0.25, 0.3) is 0 Å². The van der Waals surface area contributed by atoms with Crippen molar-refractivity contribution in [1.82, 2.24) is 9.88 Å². The summed E-state index contributed by atoms with van der Waals surface area (Å²) >= 11 is 0. The number of nitrogens with one attached hydrogen (secondary N) is 1. The molecule has 2 aromatic carbocycles. The Balaban J connectivity index is 1.75. The summed E-state index contributed by atoms with van der Waals surface area (Å²) in [6.07, 6.45) is 0. The molecule has 0 atom stereocenters. The molecule has 1 aliphatic carbocycles. The molecule has 4 rings (SSSR count). The lowest BCUT2D eigenvalue weighted by molar-refractivity contribution is 0.103. The van der Waals surface area contributed by atoms with Crippen LogP contribution < -0.4 is 4.74 Å². The molecule has 0 unspecified atom stereocenters. The molecule has 0 bridgehead atoms. The van der Waals surface area contributed by atoms with E-state index in [0.717, 1.165) is 25.2 Å². The van der Waals surface area contributed by atoms with Crippen molar-refractivity contribution >= 4 is 16.7 Å². The minimum absolute atomic E-state index is 0.0437. The van der Waals surface area contributed by atoms with Gasteiger partial charge in [0, 0.05) is 28.6 Å². The lowest BCUT2D eigenvalue weighted by Crippen LogP contribution is -2.30. The van der Waals surface area contributed by atoms with Crippen molar-refractivity contribution < 1.29 is 13.9 Å². The van der Waals surface area contributed by atoms with Crippen LogP contribution in [0.5, 0.6) is 5.75 Å². The van der Waals surface area contributed by atoms with Gasteiger partial charge < -0.3 is 14.6 Å². The maximum absolute atomic E-state index is 14.8. The fraction of sp³-hybridized carbons (Fsp3) is 0.360. The number of carbonyl (C=O) groups is 1. The number of hydrogen-bond donors (Lipinski definition) is 1. The number of rotatable bonds is 6. The third-order valence-electron chi connectivity index (χ3n) is 6.36. The van der Waals surface area contributed by atoms with Crippen LogP contribution >= 0.6 is 0 Å². The van der Waals surface area contributed by atoms with E-state index >= 15 is 0 Å². The van der Waals surface area contributed by atoms with Crippen LogP contribution in [-0.4, -0.2) is 41.9 Å². The van der Waals surface area contributed by atoms with Gasteiger partial charge in [-0.1, -0.05) is 33.8 Å². The van der Waals surface area contributed by atoms with Gasteiger partial charge in [0.15, 0.2) is 11.6 Å². The van der Waals surface area contributed by atoms with E-state index in [1.165, 1.54) is 6.07 Å². The molecule has 5 nitrogen and oxygen atoms in total. The number of halogens is 1. The summed E-state index contributed by atoms with van der Waals surface area (Å²) < 4.78 is 20.8. The number of aromatic nitrogens is 1. The third kappa shape index (κ3) is 3.30. The summed E-state index contributed by atoms with van der Waals surface area (Å²) in [5, 5.41) is 9.67. The number of aromatic amines is 1. The second-order valence-corrected chi connectivity index (χ2v) is 8.37. The first-order valence-corrected chi connectivity index (χ1v) is 10.6. The van der Waals surface area contributed by atoms with E-state index in [9.17, 15) is 9.18 Å². The van der Waals surface area contributed by atoms with Crippen molar-refractivity contribution in [2.45, 2.75) is 33.1 Å². The smallest absolute Gasteiger partial charge is 0.195 e. The Kier molecular flexibility index (Phi) is 5.32. The minimum Gasteiger partial charge on any atom is -0.492 e. The zero-order valence-electron chi connectivity index (χ0n) is 18.3. The second kappa shape index (κ2) is 7.82. The highest BCUT2D eigenvalue weighted by atomic mass is 19.1. The Morgan fingerprint density at radius 3 is 2.61 bits per heavy atom. The van der Waals surface area contributed by atoms with Gasteiger partial charge >= 0.3 is 0 Å². The standard InChI is InChI=1S/C25H26FN3O2/c1-5-29(6-2)11-12-31-16-8-10-17-19(13-16)25(3,4)24-20(23(17)30)18-9-7-15(14-27)21(26)22(18)28-24/h7-10,13,28H,5-6,11-12H2,1-4H3. The number of hydrogen-bond acceptors (Lipinski definition) is 4. The first-order chi connectivity index (χ1) is 14.8. The molecule has 0 amide bonds.